The van der Waals surface area contributed by atoms with E-state index in [0.29, 0.717) is 38.4 Å². The normalized spacial score (nSPS) is 22.9. The van der Waals surface area contributed by atoms with E-state index < -0.39 is 0 Å². The van der Waals surface area contributed by atoms with Gasteiger partial charge in [0.15, 0.2) is 0 Å². The van der Waals surface area contributed by atoms with Crippen LogP contribution >= 0.6 is 0 Å². The number of carbonyl (C=O) groups excluding carboxylic acids is 3. The van der Waals surface area contributed by atoms with Crippen molar-refractivity contribution in [2.45, 2.75) is 39.0 Å². The number of piperazine rings is 1. The van der Waals surface area contributed by atoms with E-state index in [2.05, 4.69) is 11.2 Å². The Morgan fingerprint density at radius 1 is 0.909 bits per heavy atom. The summed E-state index contributed by atoms with van der Waals surface area (Å²) in [5, 5.41) is 3.79. The van der Waals surface area contributed by atoms with Crippen LogP contribution in [0, 0.1) is 18.8 Å². The van der Waals surface area contributed by atoms with Crippen LogP contribution in [0.2, 0.25) is 0 Å². The molecule has 3 aliphatic rings. The Bertz CT molecular complexity index is 1060. The number of hydrogen-bond acceptors (Lipinski definition) is 5. The first-order chi connectivity index (χ1) is 16.0. The van der Waals surface area contributed by atoms with Crippen LogP contribution in [0.5, 0.6) is 0 Å². The minimum Gasteiger partial charge on any atom is -0.351 e. The number of anilines is 1. The summed E-state index contributed by atoms with van der Waals surface area (Å²) in [5.74, 6) is -0.361. The molecule has 8 nitrogen and oxygen atoms in total. The molecule has 3 heterocycles. The molecule has 2 fully saturated rings. The largest absolute Gasteiger partial charge is 0.351 e. The Kier molecular flexibility index (Phi) is 5.91. The van der Waals surface area contributed by atoms with Gasteiger partial charge in [-0.05, 0) is 37.8 Å². The fourth-order valence-electron chi connectivity index (χ4n) is 5.47. The molecule has 0 N–H and O–H groups in total. The Hall–Kier alpha value is -3.16. The molecule has 5 rings (SSSR count). The van der Waals surface area contributed by atoms with Gasteiger partial charge in [0.25, 0.3) is 5.91 Å². The van der Waals surface area contributed by atoms with Gasteiger partial charge in [0.05, 0.1) is 11.6 Å². The third-order valence-electron chi connectivity index (χ3n) is 7.27. The molecule has 174 valence electrons. The van der Waals surface area contributed by atoms with E-state index in [1.54, 1.807) is 17.9 Å². The quantitative estimate of drug-likeness (QED) is 0.718. The number of para-hydroxylation sites is 1. The van der Waals surface area contributed by atoms with E-state index in [4.69, 9.17) is 4.52 Å². The molecular weight excluding hydrogens is 420 g/mol. The highest BCUT2D eigenvalue weighted by Crippen LogP contribution is 2.36. The Labute approximate surface area is 193 Å². The molecule has 33 heavy (non-hydrogen) atoms. The average Bonchev–Trinajstić information content (AvgIpc) is 3.49. The molecule has 0 spiro atoms. The van der Waals surface area contributed by atoms with Gasteiger partial charge in [-0.2, -0.15) is 0 Å². The predicted molar refractivity (Wildman–Crippen MR) is 122 cm³/mol. The second kappa shape index (κ2) is 9.00. The third kappa shape index (κ3) is 4.14. The topological polar surface area (TPSA) is 87.0 Å². The van der Waals surface area contributed by atoms with Gasteiger partial charge in [0.1, 0.15) is 0 Å². The monoisotopic (exact) mass is 450 g/mol. The average molecular weight is 451 g/mol. The van der Waals surface area contributed by atoms with Gasteiger partial charge in [-0.15, -0.1) is 0 Å². The minimum absolute atomic E-state index is 0.0585. The van der Waals surface area contributed by atoms with Crippen molar-refractivity contribution < 1.29 is 18.9 Å². The molecule has 3 amide bonds. The molecule has 0 radical (unpaired) electrons. The van der Waals surface area contributed by atoms with Gasteiger partial charge >= 0.3 is 0 Å². The number of aromatic nitrogens is 1. The minimum atomic E-state index is -0.279. The maximum absolute atomic E-state index is 13.5. The highest BCUT2D eigenvalue weighted by Gasteiger charge is 2.41. The van der Waals surface area contributed by atoms with Crippen molar-refractivity contribution in [2.24, 2.45) is 11.8 Å². The van der Waals surface area contributed by atoms with E-state index in [-0.39, 0.29) is 35.3 Å². The molecule has 1 aliphatic carbocycles. The lowest BCUT2D eigenvalue weighted by Gasteiger charge is -2.39. The Morgan fingerprint density at radius 2 is 1.58 bits per heavy atom. The molecule has 1 saturated carbocycles. The summed E-state index contributed by atoms with van der Waals surface area (Å²) in [6, 6.07) is 9.69. The summed E-state index contributed by atoms with van der Waals surface area (Å²) in [5.41, 5.74) is 2.86. The van der Waals surface area contributed by atoms with Crippen LogP contribution in [-0.4, -0.2) is 65.4 Å². The van der Waals surface area contributed by atoms with Crippen molar-refractivity contribution in [3.8, 4) is 0 Å². The van der Waals surface area contributed by atoms with E-state index in [1.807, 2.05) is 28.0 Å². The standard InChI is InChI=1S/C25H30N4O4/c1-17-16-22(33-26-17)25(32)28-14-12-27(13-15-28)23(30)19-7-3-4-8-20(19)24(31)29-11-10-18-6-2-5-9-21(18)29/h2,5-6,9,16,19-20H,3-4,7-8,10-15H2,1H3. The molecule has 1 saturated heterocycles. The van der Waals surface area contributed by atoms with Crippen LogP contribution in [0.3, 0.4) is 0 Å². The highest BCUT2D eigenvalue weighted by molar-refractivity contribution is 5.99. The number of amides is 3. The zero-order valence-electron chi connectivity index (χ0n) is 19.0. The first kappa shape index (κ1) is 21.7. The number of carbonyl (C=O) groups is 3. The first-order valence-corrected chi connectivity index (χ1v) is 11.9. The van der Waals surface area contributed by atoms with E-state index in [1.165, 1.54) is 5.56 Å². The summed E-state index contributed by atoms with van der Waals surface area (Å²) in [7, 11) is 0. The van der Waals surface area contributed by atoms with E-state index in [0.717, 1.165) is 37.8 Å². The maximum atomic E-state index is 13.5. The third-order valence-corrected chi connectivity index (χ3v) is 7.27. The van der Waals surface area contributed by atoms with Crippen molar-refractivity contribution >= 4 is 23.4 Å². The van der Waals surface area contributed by atoms with Gasteiger partial charge in [0, 0.05) is 50.4 Å². The number of aryl methyl sites for hydroxylation is 1. The van der Waals surface area contributed by atoms with Crippen molar-refractivity contribution in [3.05, 3.63) is 47.3 Å². The SMILES string of the molecule is Cc1cc(C(=O)N2CCN(C(=O)C3CCCCC3C(=O)N3CCc4ccccc43)CC2)on1. The number of rotatable bonds is 3. The first-order valence-electron chi connectivity index (χ1n) is 11.9. The summed E-state index contributed by atoms with van der Waals surface area (Å²) in [6.45, 7) is 4.32. The zero-order chi connectivity index (χ0) is 22.9. The molecule has 1 aromatic heterocycles. The van der Waals surface area contributed by atoms with Crippen LogP contribution in [0.1, 0.15) is 47.5 Å². The van der Waals surface area contributed by atoms with E-state index in [9.17, 15) is 14.4 Å². The molecule has 2 unspecified atom stereocenters. The molecule has 1 aromatic carbocycles. The van der Waals surface area contributed by atoms with Gasteiger partial charge in [0.2, 0.25) is 17.6 Å². The van der Waals surface area contributed by atoms with Crippen molar-refractivity contribution in [2.75, 3.05) is 37.6 Å². The summed E-state index contributed by atoms with van der Waals surface area (Å²) >= 11 is 0. The van der Waals surface area contributed by atoms with Crippen LogP contribution < -0.4 is 4.90 Å². The van der Waals surface area contributed by atoms with Crippen molar-refractivity contribution in [3.63, 3.8) is 0 Å². The highest BCUT2D eigenvalue weighted by atomic mass is 16.5. The molecule has 0 bridgehead atoms. The predicted octanol–water partition coefficient (Wildman–Crippen LogP) is 2.66. The second-order valence-electron chi connectivity index (χ2n) is 9.32. The van der Waals surface area contributed by atoms with E-state index >= 15 is 0 Å². The zero-order valence-corrected chi connectivity index (χ0v) is 19.0. The lowest BCUT2D eigenvalue weighted by Crippen LogP contribution is -2.54. The second-order valence-corrected chi connectivity index (χ2v) is 9.32. The number of benzene rings is 1. The fourth-order valence-corrected chi connectivity index (χ4v) is 5.47. The molecular formula is C25H30N4O4. The van der Waals surface area contributed by atoms with Gasteiger partial charge in [-0.1, -0.05) is 36.2 Å². The molecule has 2 aliphatic heterocycles. The number of fused-ring (bicyclic) bond motifs is 1. The summed E-state index contributed by atoms with van der Waals surface area (Å²) < 4.78 is 5.10. The van der Waals surface area contributed by atoms with Crippen LogP contribution in [0.4, 0.5) is 5.69 Å². The van der Waals surface area contributed by atoms with Gasteiger partial charge < -0.3 is 19.2 Å². The molecule has 2 atom stereocenters. The lowest BCUT2D eigenvalue weighted by atomic mass is 9.77. The summed E-state index contributed by atoms with van der Waals surface area (Å²) in [6.07, 6.45) is 4.33. The lowest BCUT2D eigenvalue weighted by molar-refractivity contribution is -0.144. The Morgan fingerprint density at radius 3 is 2.27 bits per heavy atom. The Balaban J connectivity index is 1.24. The van der Waals surface area contributed by atoms with Crippen LogP contribution in [0.25, 0.3) is 0 Å². The van der Waals surface area contributed by atoms with Crippen LogP contribution in [0.15, 0.2) is 34.9 Å². The maximum Gasteiger partial charge on any atom is 0.292 e. The van der Waals surface area contributed by atoms with Crippen LogP contribution in [-0.2, 0) is 16.0 Å². The van der Waals surface area contributed by atoms with Crippen molar-refractivity contribution in [1.29, 1.82) is 0 Å². The fraction of sp³-hybridized carbons (Fsp3) is 0.520. The van der Waals surface area contributed by atoms with Crippen molar-refractivity contribution in [1.82, 2.24) is 15.0 Å². The smallest absolute Gasteiger partial charge is 0.292 e. The molecule has 2 aromatic rings. The van der Waals surface area contributed by atoms with Gasteiger partial charge in [-0.25, -0.2) is 0 Å². The number of nitrogens with zero attached hydrogens (tertiary/aromatic N) is 4. The van der Waals surface area contributed by atoms with Gasteiger partial charge in [-0.3, -0.25) is 14.4 Å². The molecule has 8 heteroatoms. The number of hydrogen-bond donors (Lipinski definition) is 0. The summed E-state index contributed by atoms with van der Waals surface area (Å²) in [4.78, 5) is 45.1.